The van der Waals surface area contributed by atoms with E-state index in [1.807, 2.05) is 19.9 Å². The van der Waals surface area contributed by atoms with E-state index in [0.29, 0.717) is 26.5 Å². The van der Waals surface area contributed by atoms with E-state index in [2.05, 4.69) is 9.55 Å². The Morgan fingerprint density at radius 3 is 2.79 bits per heavy atom. The van der Waals surface area contributed by atoms with Crippen molar-refractivity contribution >= 4 is 39.9 Å². The van der Waals surface area contributed by atoms with Crippen LogP contribution in [0.2, 0.25) is 10.0 Å². The lowest BCUT2D eigenvalue weighted by atomic mass is 10.1. The van der Waals surface area contributed by atoms with Crippen LogP contribution in [0.3, 0.4) is 0 Å². The fourth-order valence-electron chi connectivity index (χ4n) is 3.90. The summed E-state index contributed by atoms with van der Waals surface area (Å²) in [5, 5.41) is 0.950. The molecule has 0 radical (unpaired) electrons. The zero-order chi connectivity index (χ0) is 20.7. The van der Waals surface area contributed by atoms with Crippen molar-refractivity contribution in [1.29, 1.82) is 0 Å². The van der Waals surface area contributed by atoms with Gasteiger partial charge in [-0.25, -0.2) is 4.98 Å². The number of ketones is 1. The topological polar surface area (TPSA) is 66.1 Å². The SMILES string of the molecule is Cc1cc(C(=O)Cn2cnc3c(Cl)cc(Cl)cc3c2=O)c(C)n1CC1CCCO1. The van der Waals surface area contributed by atoms with Gasteiger partial charge in [0.1, 0.15) is 0 Å². The summed E-state index contributed by atoms with van der Waals surface area (Å²) in [6.45, 7) is 5.33. The van der Waals surface area contributed by atoms with Crippen LogP contribution in [0.1, 0.15) is 34.6 Å². The number of aryl methyl sites for hydroxylation is 1. The maximum absolute atomic E-state index is 13.0. The largest absolute Gasteiger partial charge is 0.376 e. The number of aromatic nitrogens is 3. The van der Waals surface area contributed by atoms with Gasteiger partial charge in [0.05, 0.1) is 34.9 Å². The van der Waals surface area contributed by atoms with E-state index < -0.39 is 0 Å². The van der Waals surface area contributed by atoms with Gasteiger partial charge in [-0.3, -0.25) is 14.2 Å². The fraction of sp³-hybridized carbons (Fsp3) is 0.381. The number of rotatable bonds is 5. The van der Waals surface area contributed by atoms with Gasteiger partial charge >= 0.3 is 0 Å². The summed E-state index contributed by atoms with van der Waals surface area (Å²) in [5.41, 5.74) is 2.52. The van der Waals surface area contributed by atoms with Crippen LogP contribution in [-0.2, 0) is 17.8 Å². The third-order valence-corrected chi connectivity index (χ3v) is 5.95. The quantitative estimate of drug-likeness (QED) is 0.565. The third-order valence-electron chi connectivity index (χ3n) is 5.44. The summed E-state index contributed by atoms with van der Waals surface area (Å²) in [7, 11) is 0. The lowest BCUT2D eigenvalue weighted by Gasteiger charge is -2.15. The predicted octanol–water partition coefficient (Wildman–Crippen LogP) is 4.18. The highest BCUT2D eigenvalue weighted by molar-refractivity contribution is 6.38. The average Bonchev–Trinajstić information content (AvgIpc) is 3.28. The summed E-state index contributed by atoms with van der Waals surface area (Å²) < 4.78 is 9.14. The first kappa shape index (κ1) is 20.1. The molecule has 4 rings (SSSR count). The Balaban J connectivity index is 1.63. The van der Waals surface area contributed by atoms with Crippen molar-refractivity contribution in [3.8, 4) is 0 Å². The lowest BCUT2D eigenvalue weighted by molar-refractivity contribution is 0.0948. The van der Waals surface area contributed by atoms with Crippen molar-refractivity contribution in [3.05, 3.63) is 61.9 Å². The summed E-state index contributed by atoms with van der Waals surface area (Å²) in [5.74, 6) is -0.145. The summed E-state index contributed by atoms with van der Waals surface area (Å²) in [6.07, 6.45) is 3.64. The van der Waals surface area contributed by atoms with Crippen LogP contribution in [0.15, 0.2) is 29.3 Å². The zero-order valence-electron chi connectivity index (χ0n) is 16.2. The average molecular weight is 434 g/mol. The molecule has 6 nitrogen and oxygen atoms in total. The monoisotopic (exact) mass is 433 g/mol. The number of nitrogens with zero attached hydrogens (tertiary/aromatic N) is 3. The molecule has 0 spiro atoms. The smallest absolute Gasteiger partial charge is 0.261 e. The number of halogens is 2. The minimum atomic E-state index is -0.346. The van der Waals surface area contributed by atoms with Crippen LogP contribution in [0.25, 0.3) is 10.9 Å². The van der Waals surface area contributed by atoms with Gasteiger partial charge in [-0.05, 0) is 44.9 Å². The standard InChI is InChI=1S/C21H21Cl2N3O3/c1-12-6-16(13(2)26(12)9-15-4-3-5-29-15)19(27)10-25-11-24-20-17(21(25)28)7-14(22)8-18(20)23/h6-8,11,15H,3-5,9-10H2,1-2H3. The van der Waals surface area contributed by atoms with Crippen LogP contribution in [0.4, 0.5) is 0 Å². The molecule has 3 aromatic rings. The van der Waals surface area contributed by atoms with E-state index in [0.717, 1.165) is 37.4 Å². The van der Waals surface area contributed by atoms with Gasteiger partial charge in [0.2, 0.25) is 0 Å². The molecule has 8 heteroatoms. The van der Waals surface area contributed by atoms with Crippen molar-refractivity contribution in [2.45, 2.75) is 45.9 Å². The molecule has 3 heterocycles. The molecule has 0 amide bonds. The Morgan fingerprint density at radius 1 is 1.28 bits per heavy atom. The van der Waals surface area contributed by atoms with Gasteiger partial charge in [-0.2, -0.15) is 0 Å². The van der Waals surface area contributed by atoms with Crippen molar-refractivity contribution in [2.75, 3.05) is 6.61 Å². The number of carbonyl (C=O) groups is 1. The molecule has 152 valence electrons. The molecule has 1 aliphatic rings. The Labute approximate surface area is 178 Å². The number of benzene rings is 1. The zero-order valence-corrected chi connectivity index (χ0v) is 17.8. The van der Waals surface area contributed by atoms with Crippen LogP contribution in [0.5, 0.6) is 0 Å². The van der Waals surface area contributed by atoms with Gasteiger partial charge in [-0.15, -0.1) is 0 Å². The molecule has 1 atom stereocenters. The minimum absolute atomic E-state index is 0.101. The van der Waals surface area contributed by atoms with Gasteiger partial charge in [0.15, 0.2) is 5.78 Å². The number of hydrogen-bond acceptors (Lipinski definition) is 4. The van der Waals surface area contributed by atoms with Crippen LogP contribution >= 0.6 is 23.2 Å². The molecule has 0 bridgehead atoms. The Bertz CT molecular complexity index is 1160. The van der Waals surface area contributed by atoms with E-state index in [4.69, 9.17) is 27.9 Å². The first-order chi connectivity index (χ1) is 13.8. The molecule has 2 aromatic heterocycles. The van der Waals surface area contributed by atoms with E-state index in [1.165, 1.54) is 23.0 Å². The maximum atomic E-state index is 13.0. The maximum Gasteiger partial charge on any atom is 0.261 e. The van der Waals surface area contributed by atoms with Crippen LogP contribution in [0, 0.1) is 13.8 Å². The van der Waals surface area contributed by atoms with E-state index in [-0.39, 0.29) is 24.0 Å². The molecule has 0 aliphatic carbocycles. The Hall–Kier alpha value is -2.15. The number of carbonyl (C=O) groups excluding carboxylic acids is 1. The highest BCUT2D eigenvalue weighted by Gasteiger charge is 2.21. The molecule has 1 aromatic carbocycles. The molecular weight excluding hydrogens is 413 g/mol. The normalized spacial score (nSPS) is 16.6. The van der Waals surface area contributed by atoms with Crippen molar-refractivity contribution in [1.82, 2.24) is 14.1 Å². The number of ether oxygens (including phenoxy) is 1. The number of hydrogen-bond donors (Lipinski definition) is 0. The van der Waals surface area contributed by atoms with E-state index >= 15 is 0 Å². The highest BCUT2D eigenvalue weighted by Crippen LogP contribution is 2.24. The van der Waals surface area contributed by atoms with E-state index in [9.17, 15) is 9.59 Å². The van der Waals surface area contributed by atoms with Crippen molar-refractivity contribution < 1.29 is 9.53 Å². The Morgan fingerprint density at radius 2 is 2.07 bits per heavy atom. The van der Waals surface area contributed by atoms with Gasteiger partial charge in [-0.1, -0.05) is 23.2 Å². The third kappa shape index (κ3) is 3.84. The molecule has 1 unspecified atom stereocenters. The molecule has 1 saturated heterocycles. The van der Waals surface area contributed by atoms with Crippen molar-refractivity contribution in [3.63, 3.8) is 0 Å². The highest BCUT2D eigenvalue weighted by atomic mass is 35.5. The number of fused-ring (bicyclic) bond motifs is 1. The predicted molar refractivity (Wildman–Crippen MR) is 113 cm³/mol. The molecule has 0 saturated carbocycles. The first-order valence-electron chi connectivity index (χ1n) is 9.51. The second-order valence-corrected chi connectivity index (χ2v) is 8.26. The van der Waals surface area contributed by atoms with E-state index in [1.54, 1.807) is 0 Å². The summed E-state index contributed by atoms with van der Waals surface area (Å²) in [6, 6.07) is 4.93. The van der Waals surface area contributed by atoms with Crippen LogP contribution < -0.4 is 5.56 Å². The van der Waals surface area contributed by atoms with Crippen LogP contribution in [-0.4, -0.2) is 32.6 Å². The summed E-state index contributed by atoms with van der Waals surface area (Å²) >= 11 is 12.1. The summed E-state index contributed by atoms with van der Waals surface area (Å²) in [4.78, 5) is 30.0. The first-order valence-corrected chi connectivity index (χ1v) is 10.3. The van der Waals surface area contributed by atoms with Crippen molar-refractivity contribution in [2.24, 2.45) is 0 Å². The van der Waals surface area contributed by atoms with Gasteiger partial charge in [0, 0.05) is 35.1 Å². The fourth-order valence-corrected chi connectivity index (χ4v) is 4.45. The molecule has 29 heavy (non-hydrogen) atoms. The number of Topliss-reactive ketones (excluding diaryl/α,β-unsaturated/α-hetero) is 1. The molecule has 0 N–H and O–H groups in total. The van der Waals surface area contributed by atoms with Gasteiger partial charge in [0.25, 0.3) is 5.56 Å². The van der Waals surface area contributed by atoms with Gasteiger partial charge < -0.3 is 9.30 Å². The molecule has 1 fully saturated rings. The molecular formula is C21H21Cl2N3O3. The molecule has 1 aliphatic heterocycles. The second kappa shape index (κ2) is 7.94. The second-order valence-electron chi connectivity index (χ2n) is 7.42. The Kier molecular flexibility index (Phi) is 5.51. The minimum Gasteiger partial charge on any atom is -0.376 e. The lowest BCUT2D eigenvalue weighted by Crippen LogP contribution is -2.25.